The second-order valence-corrected chi connectivity index (χ2v) is 9.05. The van der Waals surface area contributed by atoms with Crippen LogP contribution in [0.2, 0.25) is 10.0 Å². The highest BCUT2D eigenvalue weighted by molar-refractivity contribution is 6.41. The Hall–Kier alpha value is -2.77. The number of fused-ring (bicyclic) bond motifs is 1. The molecule has 1 aromatic heterocycles. The highest BCUT2D eigenvalue weighted by atomic mass is 35.5. The maximum absolute atomic E-state index is 12.3. The molecule has 1 N–H and O–H groups in total. The van der Waals surface area contributed by atoms with E-state index >= 15 is 0 Å². The molecule has 34 heavy (non-hydrogen) atoms. The number of methoxy groups -OCH3 is 2. The summed E-state index contributed by atoms with van der Waals surface area (Å²) >= 11 is 13.2. The molecule has 180 valence electrons. The van der Waals surface area contributed by atoms with Gasteiger partial charge in [-0.25, -0.2) is 9.97 Å². The molecular weight excluding hydrogens is 475 g/mol. The van der Waals surface area contributed by atoms with Gasteiger partial charge in [0.05, 0.1) is 29.8 Å². The normalized spacial score (nSPS) is 17.8. The predicted octanol–water partition coefficient (Wildman–Crippen LogP) is 5.82. The molecule has 0 spiro atoms. The number of nitrogens with zero attached hydrogens (tertiary/aromatic N) is 3. The Labute approximate surface area is 209 Å². The SMILES string of the molecule is CCC(=O)N1C[C@@H](Nc2ncc3cc(-c4c(Cl)c(OC)cc(OC)c4Cl)ccc3n2)C[C@H]1CC. The Bertz CT molecular complexity index is 1190. The zero-order valence-corrected chi connectivity index (χ0v) is 21.2. The summed E-state index contributed by atoms with van der Waals surface area (Å²) in [5, 5.41) is 5.07. The maximum Gasteiger partial charge on any atom is 0.223 e. The van der Waals surface area contributed by atoms with Gasteiger partial charge in [-0.2, -0.15) is 0 Å². The second kappa shape index (κ2) is 10.2. The first-order valence-corrected chi connectivity index (χ1v) is 12.1. The number of carbonyl (C=O) groups excluding carboxylic acids is 1. The molecule has 1 amide bonds. The first kappa shape index (κ1) is 24.4. The molecule has 1 aliphatic heterocycles. The maximum atomic E-state index is 12.3. The zero-order valence-electron chi connectivity index (χ0n) is 19.7. The molecule has 0 radical (unpaired) electrons. The van der Waals surface area contributed by atoms with E-state index in [1.165, 1.54) is 0 Å². The van der Waals surface area contributed by atoms with Crippen molar-refractivity contribution in [2.45, 2.75) is 45.2 Å². The number of likely N-dealkylation sites (tertiary alicyclic amines) is 1. The van der Waals surface area contributed by atoms with Gasteiger partial charge >= 0.3 is 0 Å². The number of nitrogens with one attached hydrogen (secondary N) is 1. The summed E-state index contributed by atoms with van der Waals surface area (Å²) in [6, 6.07) is 7.80. The van der Waals surface area contributed by atoms with E-state index in [2.05, 4.69) is 22.2 Å². The average Bonchev–Trinajstić information content (AvgIpc) is 3.26. The van der Waals surface area contributed by atoms with Crippen molar-refractivity contribution in [2.24, 2.45) is 0 Å². The standard InChI is InChI=1S/C25H28Cl2N4O3/c1-5-17-10-16(13-31(17)21(32)6-2)29-25-28-12-15-9-14(7-8-18(15)30-25)22-23(26)19(33-3)11-20(34-4)24(22)27/h7-9,11-12,16-17H,5-6,10,13H2,1-4H3,(H,28,29,30)/t16-,17+/m0/s1. The van der Waals surface area contributed by atoms with Gasteiger partial charge in [0.1, 0.15) is 11.5 Å². The van der Waals surface area contributed by atoms with E-state index < -0.39 is 0 Å². The number of amides is 1. The Balaban J connectivity index is 1.61. The summed E-state index contributed by atoms with van der Waals surface area (Å²) in [5.41, 5.74) is 2.22. The Morgan fingerprint density at radius 2 is 1.85 bits per heavy atom. The molecule has 2 aromatic carbocycles. The third-order valence-electron chi connectivity index (χ3n) is 6.28. The average molecular weight is 503 g/mol. The van der Waals surface area contributed by atoms with Crippen molar-refractivity contribution in [3.05, 3.63) is 40.5 Å². The van der Waals surface area contributed by atoms with Crippen molar-refractivity contribution in [2.75, 3.05) is 26.1 Å². The minimum Gasteiger partial charge on any atom is -0.495 e. The number of anilines is 1. The van der Waals surface area contributed by atoms with Gasteiger partial charge in [-0.05, 0) is 30.5 Å². The molecule has 1 aliphatic rings. The fraction of sp³-hybridized carbons (Fsp3) is 0.400. The van der Waals surface area contributed by atoms with E-state index in [1.807, 2.05) is 30.0 Å². The van der Waals surface area contributed by atoms with E-state index in [0.717, 1.165) is 29.3 Å². The summed E-state index contributed by atoms with van der Waals surface area (Å²) in [6.45, 7) is 4.68. The van der Waals surface area contributed by atoms with E-state index in [1.54, 1.807) is 26.5 Å². The van der Waals surface area contributed by atoms with Crippen molar-refractivity contribution >= 4 is 46.0 Å². The lowest BCUT2D eigenvalue weighted by atomic mass is 10.0. The van der Waals surface area contributed by atoms with Crippen LogP contribution < -0.4 is 14.8 Å². The van der Waals surface area contributed by atoms with Crippen LogP contribution >= 0.6 is 23.2 Å². The number of benzene rings is 2. The van der Waals surface area contributed by atoms with Crippen LogP contribution in [0.25, 0.3) is 22.0 Å². The topological polar surface area (TPSA) is 76.6 Å². The molecule has 0 bridgehead atoms. The van der Waals surface area contributed by atoms with Crippen LogP contribution in [0.15, 0.2) is 30.5 Å². The van der Waals surface area contributed by atoms with Gasteiger partial charge in [-0.1, -0.05) is 43.1 Å². The van der Waals surface area contributed by atoms with Gasteiger partial charge in [0.15, 0.2) is 0 Å². The minimum atomic E-state index is 0.124. The van der Waals surface area contributed by atoms with Crippen molar-refractivity contribution in [3.63, 3.8) is 0 Å². The van der Waals surface area contributed by atoms with Crippen molar-refractivity contribution in [1.82, 2.24) is 14.9 Å². The van der Waals surface area contributed by atoms with Crippen molar-refractivity contribution < 1.29 is 14.3 Å². The van der Waals surface area contributed by atoms with E-state index in [-0.39, 0.29) is 18.0 Å². The van der Waals surface area contributed by atoms with Gasteiger partial charge in [-0.3, -0.25) is 4.79 Å². The molecule has 3 aromatic rings. The lowest BCUT2D eigenvalue weighted by Gasteiger charge is -2.22. The van der Waals surface area contributed by atoms with Crippen LogP contribution in [0.3, 0.4) is 0 Å². The molecule has 1 fully saturated rings. The van der Waals surface area contributed by atoms with E-state index in [9.17, 15) is 4.79 Å². The molecule has 4 rings (SSSR count). The number of ether oxygens (including phenoxy) is 2. The van der Waals surface area contributed by atoms with Crippen LogP contribution in [-0.2, 0) is 4.79 Å². The van der Waals surface area contributed by atoms with Crippen LogP contribution in [-0.4, -0.2) is 53.6 Å². The zero-order chi connectivity index (χ0) is 24.4. The summed E-state index contributed by atoms with van der Waals surface area (Å²) in [5.74, 6) is 1.69. The molecule has 1 saturated heterocycles. The number of rotatable bonds is 7. The Kier molecular flexibility index (Phi) is 7.33. The van der Waals surface area contributed by atoms with Crippen LogP contribution in [0.5, 0.6) is 11.5 Å². The molecular formula is C25H28Cl2N4O3. The fourth-order valence-electron chi connectivity index (χ4n) is 4.50. The van der Waals surface area contributed by atoms with Gasteiger partial charge in [0, 0.05) is 48.3 Å². The number of aromatic nitrogens is 2. The Morgan fingerprint density at radius 1 is 1.15 bits per heavy atom. The molecule has 0 saturated carbocycles. The molecule has 9 heteroatoms. The number of halogens is 2. The molecule has 2 atom stereocenters. The third-order valence-corrected chi connectivity index (χ3v) is 7.03. The molecule has 0 aliphatic carbocycles. The van der Waals surface area contributed by atoms with E-state index in [4.69, 9.17) is 32.7 Å². The lowest BCUT2D eigenvalue weighted by molar-refractivity contribution is -0.131. The van der Waals surface area contributed by atoms with Gasteiger partial charge < -0.3 is 19.7 Å². The van der Waals surface area contributed by atoms with Gasteiger partial charge in [0.2, 0.25) is 11.9 Å². The minimum absolute atomic E-state index is 0.124. The number of hydrogen-bond donors (Lipinski definition) is 1. The van der Waals surface area contributed by atoms with Crippen LogP contribution in [0.1, 0.15) is 33.1 Å². The largest absolute Gasteiger partial charge is 0.495 e. The third kappa shape index (κ3) is 4.59. The number of hydrogen-bond acceptors (Lipinski definition) is 6. The highest BCUT2D eigenvalue weighted by Gasteiger charge is 2.33. The molecule has 0 unspecified atom stereocenters. The van der Waals surface area contributed by atoms with Crippen LogP contribution in [0.4, 0.5) is 5.95 Å². The second-order valence-electron chi connectivity index (χ2n) is 8.29. The van der Waals surface area contributed by atoms with Crippen molar-refractivity contribution in [1.29, 1.82) is 0 Å². The predicted molar refractivity (Wildman–Crippen MR) is 136 cm³/mol. The Morgan fingerprint density at radius 3 is 2.47 bits per heavy atom. The summed E-state index contributed by atoms with van der Waals surface area (Å²) in [7, 11) is 3.09. The smallest absolute Gasteiger partial charge is 0.223 e. The van der Waals surface area contributed by atoms with E-state index in [0.29, 0.717) is 46.0 Å². The molecule has 2 heterocycles. The quantitative estimate of drug-likeness (QED) is 0.438. The van der Waals surface area contributed by atoms with Gasteiger partial charge in [0.25, 0.3) is 0 Å². The first-order chi connectivity index (χ1) is 16.4. The highest BCUT2D eigenvalue weighted by Crippen LogP contribution is 2.46. The number of carbonyl (C=O) groups is 1. The van der Waals surface area contributed by atoms with Gasteiger partial charge in [-0.15, -0.1) is 0 Å². The van der Waals surface area contributed by atoms with Crippen LogP contribution in [0, 0.1) is 0 Å². The first-order valence-electron chi connectivity index (χ1n) is 11.3. The molecule has 7 nitrogen and oxygen atoms in total. The monoisotopic (exact) mass is 502 g/mol. The summed E-state index contributed by atoms with van der Waals surface area (Å²) in [4.78, 5) is 23.4. The van der Waals surface area contributed by atoms with Crippen molar-refractivity contribution in [3.8, 4) is 22.6 Å². The summed E-state index contributed by atoms with van der Waals surface area (Å²) < 4.78 is 10.8. The fourth-order valence-corrected chi connectivity index (χ4v) is 5.22. The lowest BCUT2D eigenvalue weighted by Crippen LogP contribution is -2.35. The summed E-state index contributed by atoms with van der Waals surface area (Å²) in [6.07, 6.45) is 4.11.